The molecule has 0 atom stereocenters. The van der Waals surface area contributed by atoms with Crippen molar-refractivity contribution in [3.8, 4) is 0 Å². The van der Waals surface area contributed by atoms with Crippen molar-refractivity contribution in [1.29, 1.82) is 0 Å². The summed E-state index contributed by atoms with van der Waals surface area (Å²) in [5, 5.41) is 2.97. The number of alkyl carbamates (subject to hydrolysis) is 1. The van der Waals surface area contributed by atoms with E-state index in [1.807, 2.05) is 20.8 Å². The maximum Gasteiger partial charge on any atom is 0.407 e. The maximum absolute atomic E-state index is 11.8. The van der Waals surface area contributed by atoms with Gasteiger partial charge in [-0.3, -0.25) is 0 Å². The molecule has 0 aromatic carbocycles. The summed E-state index contributed by atoms with van der Waals surface area (Å²) < 4.78 is 10.9. The number of amides is 1. The lowest BCUT2D eigenvalue weighted by atomic mass is 10.1. The first-order valence-electron chi connectivity index (χ1n) is 8.90. The van der Waals surface area contributed by atoms with Crippen LogP contribution in [0.1, 0.15) is 52.9 Å². The fraction of sp³-hybridized carbons (Fsp3) is 0.941. The molecule has 1 aliphatic heterocycles. The average molecular weight is 329 g/mol. The predicted octanol–water partition coefficient (Wildman–Crippen LogP) is 2.12. The zero-order chi connectivity index (χ0) is 17.1. The molecule has 1 rings (SSSR count). The topological polar surface area (TPSA) is 76.8 Å². The Bertz CT molecular complexity index is 324. The molecule has 1 amide bonds. The Balaban J connectivity index is 2.03. The van der Waals surface area contributed by atoms with Crippen LogP contribution in [0.25, 0.3) is 0 Å². The predicted molar refractivity (Wildman–Crippen MR) is 92.6 cm³/mol. The molecule has 1 heterocycles. The van der Waals surface area contributed by atoms with Crippen molar-refractivity contribution in [2.24, 2.45) is 5.73 Å². The number of carbonyl (C=O) groups excluding carboxylic acids is 1. The number of hydrogen-bond donors (Lipinski definition) is 2. The van der Waals surface area contributed by atoms with E-state index in [0.29, 0.717) is 0 Å². The molecule has 3 N–H and O–H groups in total. The van der Waals surface area contributed by atoms with Crippen molar-refractivity contribution in [2.75, 3.05) is 39.4 Å². The summed E-state index contributed by atoms with van der Waals surface area (Å²) in [6, 6.07) is 0.230. The van der Waals surface area contributed by atoms with Gasteiger partial charge in [0.05, 0.1) is 0 Å². The molecular weight excluding hydrogens is 294 g/mol. The highest BCUT2D eigenvalue weighted by Crippen LogP contribution is 2.12. The van der Waals surface area contributed by atoms with Crippen molar-refractivity contribution in [1.82, 2.24) is 10.2 Å². The lowest BCUT2D eigenvalue weighted by Gasteiger charge is -2.32. The summed E-state index contributed by atoms with van der Waals surface area (Å²) in [5.74, 6) is 0. The van der Waals surface area contributed by atoms with Gasteiger partial charge in [0.2, 0.25) is 0 Å². The molecule has 0 spiro atoms. The number of nitrogens with one attached hydrogen (secondary N) is 1. The molecular formula is C17H35N3O3. The van der Waals surface area contributed by atoms with Gasteiger partial charge in [0.25, 0.3) is 0 Å². The van der Waals surface area contributed by atoms with Gasteiger partial charge in [-0.25, -0.2) is 4.79 Å². The van der Waals surface area contributed by atoms with E-state index in [1.165, 1.54) is 0 Å². The van der Waals surface area contributed by atoms with Crippen LogP contribution in [-0.2, 0) is 9.47 Å². The van der Waals surface area contributed by atoms with Gasteiger partial charge in [-0.1, -0.05) is 0 Å². The van der Waals surface area contributed by atoms with Gasteiger partial charge < -0.3 is 25.4 Å². The Morgan fingerprint density at radius 1 is 1.17 bits per heavy atom. The second-order valence-corrected chi connectivity index (χ2v) is 7.22. The van der Waals surface area contributed by atoms with Gasteiger partial charge in [0, 0.05) is 38.9 Å². The third-order valence-electron chi connectivity index (χ3n) is 3.81. The van der Waals surface area contributed by atoms with Crippen LogP contribution in [0.3, 0.4) is 0 Å². The Kier molecular flexibility index (Phi) is 9.52. The lowest BCUT2D eigenvalue weighted by Crippen LogP contribution is -2.46. The average Bonchev–Trinajstić information content (AvgIpc) is 2.46. The van der Waals surface area contributed by atoms with Crippen LogP contribution >= 0.6 is 0 Å². The number of carbonyl (C=O) groups is 1. The van der Waals surface area contributed by atoms with Crippen LogP contribution in [-0.4, -0.2) is 62.0 Å². The second kappa shape index (κ2) is 10.8. The highest BCUT2D eigenvalue weighted by atomic mass is 16.6. The first-order chi connectivity index (χ1) is 10.9. The van der Waals surface area contributed by atoms with Gasteiger partial charge in [0.1, 0.15) is 5.60 Å². The van der Waals surface area contributed by atoms with E-state index < -0.39 is 5.60 Å². The Morgan fingerprint density at radius 3 is 2.43 bits per heavy atom. The summed E-state index contributed by atoms with van der Waals surface area (Å²) >= 11 is 0. The lowest BCUT2D eigenvalue weighted by molar-refractivity contribution is 0.0476. The van der Waals surface area contributed by atoms with Gasteiger partial charge in [-0.05, 0) is 59.4 Å². The Hall–Kier alpha value is -0.850. The molecule has 6 heteroatoms. The fourth-order valence-electron chi connectivity index (χ4n) is 2.62. The number of piperidine rings is 1. The normalized spacial score (nSPS) is 17.2. The molecule has 0 unspecified atom stereocenters. The summed E-state index contributed by atoms with van der Waals surface area (Å²) in [7, 11) is 0. The number of hydrogen-bond acceptors (Lipinski definition) is 5. The molecule has 0 aromatic heterocycles. The zero-order valence-corrected chi connectivity index (χ0v) is 15.1. The monoisotopic (exact) mass is 329 g/mol. The number of rotatable bonds is 9. The standard InChI is InChI=1S/C17H35N3O3/c1-17(2,3)23-16(21)19-15-7-11-20(12-8-15)10-6-14-22-13-5-4-9-18/h15H,4-14,18H2,1-3H3,(H,19,21). The molecule has 0 aliphatic carbocycles. The van der Waals surface area contributed by atoms with E-state index in [4.69, 9.17) is 15.2 Å². The summed E-state index contributed by atoms with van der Waals surface area (Å²) in [4.78, 5) is 14.2. The Morgan fingerprint density at radius 2 is 1.83 bits per heavy atom. The summed E-state index contributed by atoms with van der Waals surface area (Å²) in [6.45, 7) is 11.1. The minimum Gasteiger partial charge on any atom is -0.444 e. The smallest absolute Gasteiger partial charge is 0.407 e. The first-order valence-corrected chi connectivity index (χ1v) is 8.90. The number of ether oxygens (including phenoxy) is 2. The molecule has 1 fully saturated rings. The van der Waals surface area contributed by atoms with Crippen LogP contribution in [0.15, 0.2) is 0 Å². The van der Waals surface area contributed by atoms with E-state index >= 15 is 0 Å². The first kappa shape index (κ1) is 20.2. The highest BCUT2D eigenvalue weighted by Gasteiger charge is 2.23. The van der Waals surface area contributed by atoms with Crippen LogP contribution in [0.4, 0.5) is 4.79 Å². The van der Waals surface area contributed by atoms with E-state index in [2.05, 4.69) is 10.2 Å². The van der Waals surface area contributed by atoms with Crippen LogP contribution in [0.2, 0.25) is 0 Å². The highest BCUT2D eigenvalue weighted by molar-refractivity contribution is 5.68. The fourth-order valence-corrected chi connectivity index (χ4v) is 2.62. The van der Waals surface area contributed by atoms with Crippen molar-refractivity contribution < 1.29 is 14.3 Å². The van der Waals surface area contributed by atoms with E-state index in [0.717, 1.165) is 71.5 Å². The van der Waals surface area contributed by atoms with Crippen molar-refractivity contribution in [2.45, 2.75) is 64.5 Å². The molecule has 6 nitrogen and oxygen atoms in total. The minimum atomic E-state index is -0.436. The number of nitrogens with two attached hydrogens (primary N) is 1. The third-order valence-corrected chi connectivity index (χ3v) is 3.81. The molecule has 136 valence electrons. The van der Waals surface area contributed by atoms with Crippen molar-refractivity contribution >= 4 is 6.09 Å². The van der Waals surface area contributed by atoms with Gasteiger partial charge in [0.15, 0.2) is 0 Å². The van der Waals surface area contributed by atoms with Crippen LogP contribution < -0.4 is 11.1 Å². The SMILES string of the molecule is CC(C)(C)OC(=O)NC1CCN(CCCOCCCCN)CC1. The second-order valence-electron chi connectivity index (χ2n) is 7.22. The van der Waals surface area contributed by atoms with E-state index in [9.17, 15) is 4.79 Å². The minimum absolute atomic E-state index is 0.230. The maximum atomic E-state index is 11.8. The summed E-state index contributed by atoms with van der Waals surface area (Å²) in [6.07, 6.45) is 4.82. The van der Waals surface area contributed by atoms with Gasteiger partial charge in [-0.15, -0.1) is 0 Å². The van der Waals surface area contributed by atoms with E-state index in [-0.39, 0.29) is 12.1 Å². The molecule has 0 bridgehead atoms. The van der Waals surface area contributed by atoms with Gasteiger partial charge in [-0.2, -0.15) is 0 Å². The number of nitrogens with zero attached hydrogens (tertiary/aromatic N) is 1. The molecule has 1 aliphatic rings. The van der Waals surface area contributed by atoms with Crippen LogP contribution in [0, 0.1) is 0 Å². The summed E-state index contributed by atoms with van der Waals surface area (Å²) in [5.41, 5.74) is 5.01. The zero-order valence-electron chi connectivity index (χ0n) is 15.1. The molecule has 23 heavy (non-hydrogen) atoms. The largest absolute Gasteiger partial charge is 0.444 e. The molecule has 1 saturated heterocycles. The number of likely N-dealkylation sites (tertiary alicyclic amines) is 1. The number of unbranched alkanes of at least 4 members (excludes halogenated alkanes) is 1. The van der Waals surface area contributed by atoms with Gasteiger partial charge >= 0.3 is 6.09 Å². The van der Waals surface area contributed by atoms with E-state index in [1.54, 1.807) is 0 Å². The molecule has 0 saturated carbocycles. The molecule has 0 aromatic rings. The van der Waals surface area contributed by atoms with Crippen LogP contribution in [0.5, 0.6) is 0 Å². The Labute approximate surface area is 141 Å². The quantitative estimate of drug-likeness (QED) is 0.634. The van der Waals surface area contributed by atoms with Crippen molar-refractivity contribution in [3.63, 3.8) is 0 Å². The third kappa shape index (κ3) is 10.5. The van der Waals surface area contributed by atoms with Crippen molar-refractivity contribution in [3.05, 3.63) is 0 Å². The molecule has 0 radical (unpaired) electrons.